The van der Waals surface area contributed by atoms with Crippen LogP contribution in [0.25, 0.3) is 0 Å². The Morgan fingerprint density at radius 1 is 1.47 bits per heavy atom. The molecule has 0 aliphatic carbocycles. The van der Waals surface area contributed by atoms with E-state index < -0.39 is 11.9 Å². The zero-order valence-electron chi connectivity index (χ0n) is 9.16. The maximum absolute atomic E-state index is 11.3. The van der Waals surface area contributed by atoms with Gasteiger partial charge in [-0.2, -0.15) is 11.8 Å². The lowest BCUT2D eigenvalue weighted by Crippen LogP contribution is -2.44. The van der Waals surface area contributed by atoms with Gasteiger partial charge in [0.2, 0.25) is 11.8 Å². The van der Waals surface area contributed by atoms with Gasteiger partial charge in [-0.25, -0.2) is 0 Å². The van der Waals surface area contributed by atoms with Crippen LogP contribution in [0.15, 0.2) is 0 Å². The van der Waals surface area contributed by atoms with Gasteiger partial charge in [-0.3, -0.25) is 9.59 Å². The van der Waals surface area contributed by atoms with Crippen LogP contribution in [0.5, 0.6) is 0 Å². The van der Waals surface area contributed by atoms with Crippen LogP contribution in [-0.4, -0.2) is 36.4 Å². The van der Waals surface area contributed by atoms with Crippen LogP contribution in [0.2, 0.25) is 0 Å². The van der Waals surface area contributed by atoms with Gasteiger partial charge in [0, 0.05) is 6.54 Å². The number of nitrogens with one attached hydrogen (secondary N) is 1. The summed E-state index contributed by atoms with van der Waals surface area (Å²) in [5.41, 5.74) is 10.4. The number of nitrogens with two attached hydrogens (primary N) is 2. The summed E-state index contributed by atoms with van der Waals surface area (Å²) in [6.45, 7) is 2.61. The normalized spacial score (nSPS) is 14.3. The molecule has 15 heavy (non-hydrogen) atoms. The van der Waals surface area contributed by atoms with Crippen molar-refractivity contribution >= 4 is 23.6 Å². The Kier molecular flexibility index (Phi) is 7.15. The van der Waals surface area contributed by atoms with Gasteiger partial charge in [-0.15, -0.1) is 0 Å². The third-order valence-electron chi connectivity index (χ3n) is 1.83. The lowest BCUT2D eigenvalue weighted by atomic mass is 10.2. The van der Waals surface area contributed by atoms with E-state index in [4.69, 9.17) is 11.5 Å². The van der Waals surface area contributed by atoms with Crippen molar-refractivity contribution in [2.45, 2.75) is 19.4 Å². The molecule has 0 saturated heterocycles. The first kappa shape index (κ1) is 14.2. The lowest BCUT2D eigenvalue weighted by molar-refractivity contribution is -0.126. The molecule has 0 heterocycles. The molecule has 2 atom stereocenters. The first-order valence-electron chi connectivity index (χ1n) is 4.78. The molecule has 88 valence electrons. The summed E-state index contributed by atoms with van der Waals surface area (Å²) in [6, 6.07) is -0.830. The average Bonchev–Trinajstić information content (AvgIpc) is 2.13. The van der Waals surface area contributed by atoms with Crippen LogP contribution in [0, 0.1) is 5.92 Å². The average molecular weight is 233 g/mol. The largest absolute Gasteiger partial charge is 0.370 e. The SMILES string of the molecule is CSCC(C)CNC(=O)C(N)CC(N)=O. The molecule has 0 bridgehead atoms. The van der Waals surface area contributed by atoms with Gasteiger partial charge >= 0.3 is 0 Å². The minimum Gasteiger partial charge on any atom is -0.370 e. The maximum atomic E-state index is 11.3. The fraction of sp³-hybridized carbons (Fsp3) is 0.778. The molecular weight excluding hydrogens is 214 g/mol. The van der Waals surface area contributed by atoms with E-state index in [0.29, 0.717) is 12.5 Å². The summed E-state index contributed by atoms with van der Waals surface area (Å²) in [4.78, 5) is 21.9. The Hall–Kier alpha value is -0.750. The van der Waals surface area contributed by atoms with Gasteiger partial charge < -0.3 is 16.8 Å². The van der Waals surface area contributed by atoms with Crippen molar-refractivity contribution in [3.8, 4) is 0 Å². The van der Waals surface area contributed by atoms with Crippen molar-refractivity contribution in [2.24, 2.45) is 17.4 Å². The second kappa shape index (κ2) is 7.53. The molecule has 0 radical (unpaired) electrons. The quantitative estimate of drug-likeness (QED) is 0.542. The first-order chi connectivity index (χ1) is 6.97. The van der Waals surface area contributed by atoms with E-state index >= 15 is 0 Å². The Bertz CT molecular complexity index is 223. The van der Waals surface area contributed by atoms with Crippen LogP contribution < -0.4 is 16.8 Å². The maximum Gasteiger partial charge on any atom is 0.237 e. The van der Waals surface area contributed by atoms with Crippen molar-refractivity contribution in [2.75, 3.05) is 18.6 Å². The highest BCUT2D eigenvalue weighted by atomic mass is 32.2. The molecular formula is C9H19N3O2S. The highest BCUT2D eigenvalue weighted by Crippen LogP contribution is 2.02. The van der Waals surface area contributed by atoms with Gasteiger partial charge in [0.1, 0.15) is 0 Å². The van der Waals surface area contributed by atoms with Gasteiger partial charge in [0.25, 0.3) is 0 Å². The third-order valence-corrected chi connectivity index (χ3v) is 2.74. The fourth-order valence-electron chi connectivity index (χ4n) is 1.06. The number of thioether (sulfide) groups is 1. The molecule has 0 aromatic rings. The fourth-order valence-corrected chi connectivity index (χ4v) is 1.75. The Balaban J connectivity index is 3.77. The molecule has 2 amide bonds. The second-order valence-corrected chi connectivity index (χ2v) is 4.49. The first-order valence-corrected chi connectivity index (χ1v) is 6.17. The van der Waals surface area contributed by atoms with Crippen LogP contribution in [-0.2, 0) is 9.59 Å². The molecule has 2 unspecified atom stereocenters. The summed E-state index contributed by atoms with van der Waals surface area (Å²) < 4.78 is 0. The van der Waals surface area contributed by atoms with Gasteiger partial charge in [0.15, 0.2) is 0 Å². The lowest BCUT2D eigenvalue weighted by Gasteiger charge is -2.14. The Morgan fingerprint density at radius 3 is 2.53 bits per heavy atom. The predicted octanol–water partition coefficient (Wildman–Crippen LogP) is -0.696. The smallest absolute Gasteiger partial charge is 0.237 e. The zero-order chi connectivity index (χ0) is 11.8. The topological polar surface area (TPSA) is 98.2 Å². The number of hydrogen-bond donors (Lipinski definition) is 3. The Labute approximate surface area is 94.3 Å². The van der Waals surface area contributed by atoms with Crippen LogP contribution in [0.4, 0.5) is 0 Å². The van der Waals surface area contributed by atoms with Crippen LogP contribution in [0.3, 0.4) is 0 Å². The number of carbonyl (C=O) groups excluding carboxylic acids is 2. The molecule has 0 rings (SSSR count). The third kappa shape index (κ3) is 7.21. The number of carbonyl (C=O) groups is 2. The predicted molar refractivity (Wildman–Crippen MR) is 62.3 cm³/mol. The van der Waals surface area contributed by atoms with Crippen LogP contribution in [0.1, 0.15) is 13.3 Å². The monoisotopic (exact) mass is 233 g/mol. The Morgan fingerprint density at radius 2 is 2.07 bits per heavy atom. The molecule has 0 saturated carbocycles. The summed E-state index contributed by atoms with van der Waals surface area (Å²) in [5, 5.41) is 2.69. The van der Waals surface area contributed by atoms with Crippen molar-refractivity contribution < 1.29 is 9.59 Å². The van der Waals surface area contributed by atoms with E-state index in [9.17, 15) is 9.59 Å². The van der Waals surface area contributed by atoms with E-state index in [1.165, 1.54) is 0 Å². The molecule has 5 nitrogen and oxygen atoms in total. The minimum atomic E-state index is -0.830. The molecule has 0 aliphatic heterocycles. The van der Waals surface area contributed by atoms with E-state index in [1.807, 2.05) is 13.2 Å². The summed E-state index contributed by atoms with van der Waals surface area (Å²) in [6.07, 6.45) is 1.90. The molecule has 0 aromatic heterocycles. The van der Waals surface area contributed by atoms with E-state index in [-0.39, 0.29) is 12.3 Å². The molecule has 6 heteroatoms. The summed E-state index contributed by atoms with van der Waals surface area (Å²) in [7, 11) is 0. The number of rotatable bonds is 7. The minimum absolute atomic E-state index is 0.108. The van der Waals surface area contributed by atoms with Crippen LogP contribution >= 0.6 is 11.8 Å². The van der Waals surface area contributed by atoms with Crippen molar-refractivity contribution in [3.63, 3.8) is 0 Å². The molecule has 0 aliphatic rings. The van der Waals surface area contributed by atoms with E-state index in [2.05, 4.69) is 5.32 Å². The standard InChI is InChI=1S/C9H19N3O2S/c1-6(5-15-2)4-12-9(14)7(10)3-8(11)13/h6-7H,3-5,10H2,1-2H3,(H2,11,13)(H,12,14). The van der Waals surface area contributed by atoms with Gasteiger partial charge in [-0.1, -0.05) is 6.92 Å². The van der Waals surface area contributed by atoms with Crippen molar-refractivity contribution in [3.05, 3.63) is 0 Å². The molecule has 0 fully saturated rings. The van der Waals surface area contributed by atoms with E-state index in [0.717, 1.165) is 5.75 Å². The number of amides is 2. The van der Waals surface area contributed by atoms with Gasteiger partial charge in [0.05, 0.1) is 12.5 Å². The molecule has 0 aromatic carbocycles. The van der Waals surface area contributed by atoms with Crippen molar-refractivity contribution in [1.82, 2.24) is 5.32 Å². The zero-order valence-corrected chi connectivity index (χ0v) is 9.97. The summed E-state index contributed by atoms with van der Waals surface area (Å²) >= 11 is 1.72. The number of primary amides is 1. The van der Waals surface area contributed by atoms with Gasteiger partial charge in [-0.05, 0) is 17.9 Å². The van der Waals surface area contributed by atoms with E-state index in [1.54, 1.807) is 11.8 Å². The second-order valence-electron chi connectivity index (χ2n) is 3.58. The number of hydrogen-bond acceptors (Lipinski definition) is 4. The highest BCUT2D eigenvalue weighted by molar-refractivity contribution is 7.98. The highest BCUT2D eigenvalue weighted by Gasteiger charge is 2.15. The van der Waals surface area contributed by atoms with Crippen molar-refractivity contribution in [1.29, 1.82) is 0 Å². The molecule has 5 N–H and O–H groups in total. The summed E-state index contributed by atoms with van der Waals surface area (Å²) in [5.74, 6) is 0.493. The molecule has 0 spiro atoms.